The summed E-state index contributed by atoms with van der Waals surface area (Å²) in [7, 11) is 1.38. The van der Waals surface area contributed by atoms with E-state index in [0.29, 0.717) is 17.5 Å². The Morgan fingerprint density at radius 1 is 1.40 bits per heavy atom. The van der Waals surface area contributed by atoms with Crippen LogP contribution in [0, 0.1) is 22.7 Å². The minimum Gasteiger partial charge on any atom is -0.503 e. The maximum atomic E-state index is 9.66. The van der Waals surface area contributed by atoms with E-state index in [1.54, 1.807) is 0 Å². The van der Waals surface area contributed by atoms with Crippen LogP contribution in [0.4, 0.5) is 0 Å². The summed E-state index contributed by atoms with van der Waals surface area (Å²) < 4.78 is 4.88. The van der Waals surface area contributed by atoms with E-state index in [9.17, 15) is 5.11 Å². The molecule has 0 aliphatic carbocycles. The number of phenolic OH excluding ortho intramolecular Hbond substituents is 1. The largest absolute Gasteiger partial charge is 0.503 e. The Kier molecular flexibility index (Phi) is 3.15. The first kappa shape index (κ1) is 10.9. The molecule has 0 spiro atoms. The molecule has 1 rings (SSSR count). The van der Waals surface area contributed by atoms with E-state index < -0.39 is 0 Å². The van der Waals surface area contributed by atoms with Gasteiger partial charge in [-0.1, -0.05) is 6.92 Å². The molecule has 0 atom stereocenters. The van der Waals surface area contributed by atoms with Crippen LogP contribution < -0.4 is 4.74 Å². The molecule has 0 saturated carbocycles. The molecule has 1 aromatic rings. The monoisotopic (exact) mass is 202 g/mol. The molecule has 0 aliphatic heterocycles. The Hall–Kier alpha value is -2.20. The van der Waals surface area contributed by atoms with Crippen molar-refractivity contribution in [1.29, 1.82) is 10.5 Å². The van der Waals surface area contributed by atoms with Gasteiger partial charge in [-0.3, -0.25) is 0 Å². The first-order valence-electron chi connectivity index (χ1n) is 4.42. The number of rotatable bonds is 2. The first-order chi connectivity index (χ1) is 7.19. The van der Waals surface area contributed by atoms with Gasteiger partial charge in [0.2, 0.25) is 0 Å². The molecule has 76 valence electrons. The number of nitrogens with zero attached hydrogens (tertiary/aromatic N) is 2. The Morgan fingerprint density at radius 3 is 2.47 bits per heavy atom. The van der Waals surface area contributed by atoms with Gasteiger partial charge in [-0.05, 0) is 12.0 Å². The first-order valence-corrected chi connectivity index (χ1v) is 4.42. The van der Waals surface area contributed by atoms with Crippen molar-refractivity contribution in [3.05, 3.63) is 22.8 Å². The van der Waals surface area contributed by atoms with Gasteiger partial charge in [-0.15, -0.1) is 0 Å². The van der Waals surface area contributed by atoms with Crippen LogP contribution >= 0.6 is 0 Å². The number of ether oxygens (including phenoxy) is 1. The minimum atomic E-state index is -0.198. The summed E-state index contributed by atoms with van der Waals surface area (Å²) in [5.41, 5.74) is 1.04. The number of benzene rings is 1. The van der Waals surface area contributed by atoms with Crippen molar-refractivity contribution in [3.63, 3.8) is 0 Å². The summed E-state index contributed by atoms with van der Waals surface area (Å²) in [5, 5.41) is 27.4. The van der Waals surface area contributed by atoms with Crippen molar-refractivity contribution in [2.24, 2.45) is 0 Å². The maximum Gasteiger partial charge on any atom is 0.176 e. The molecule has 0 bridgehead atoms. The SMILES string of the molecule is CCc1c(C#N)cc(OC)c(O)c1C#N. The van der Waals surface area contributed by atoms with Gasteiger partial charge in [0.25, 0.3) is 0 Å². The molecule has 15 heavy (non-hydrogen) atoms. The van der Waals surface area contributed by atoms with Gasteiger partial charge in [0.05, 0.1) is 18.7 Å². The molecule has 0 amide bonds. The summed E-state index contributed by atoms with van der Waals surface area (Å²) in [5.74, 6) is -0.0452. The fourth-order valence-corrected chi connectivity index (χ4v) is 1.43. The molecule has 1 aromatic carbocycles. The standard InChI is InChI=1S/C11H10N2O2/c1-3-8-7(5-12)4-10(15-2)11(14)9(8)6-13/h4,14H,3H2,1-2H3. The third-order valence-corrected chi connectivity index (χ3v) is 2.18. The van der Waals surface area contributed by atoms with Crippen LogP contribution in [0.15, 0.2) is 6.07 Å². The average Bonchev–Trinajstić information content (AvgIpc) is 2.28. The highest BCUT2D eigenvalue weighted by atomic mass is 16.5. The number of aromatic hydroxyl groups is 1. The second-order valence-corrected chi connectivity index (χ2v) is 2.91. The molecule has 0 saturated heterocycles. The van der Waals surface area contributed by atoms with E-state index in [1.807, 2.05) is 19.1 Å². The van der Waals surface area contributed by atoms with Crippen molar-refractivity contribution in [1.82, 2.24) is 0 Å². The molecule has 0 aromatic heterocycles. The zero-order chi connectivity index (χ0) is 11.4. The topological polar surface area (TPSA) is 77.0 Å². The van der Waals surface area contributed by atoms with E-state index in [2.05, 4.69) is 0 Å². The molecule has 0 heterocycles. The van der Waals surface area contributed by atoms with Crippen LogP contribution in [0.5, 0.6) is 11.5 Å². The average molecular weight is 202 g/mol. The van der Waals surface area contributed by atoms with Crippen LogP contribution in [0.25, 0.3) is 0 Å². The second kappa shape index (κ2) is 4.34. The summed E-state index contributed by atoms with van der Waals surface area (Å²) in [6.07, 6.45) is 0.517. The van der Waals surface area contributed by atoms with Gasteiger partial charge in [0.15, 0.2) is 11.5 Å². The number of phenols is 1. The quantitative estimate of drug-likeness (QED) is 0.791. The normalized spacial score (nSPS) is 9.07. The summed E-state index contributed by atoms with van der Waals surface area (Å²) in [6, 6.07) is 5.30. The highest BCUT2D eigenvalue weighted by Crippen LogP contribution is 2.34. The summed E-state index contributed by atoms with van der Waals surface area (Å²) in [4.78, 5) is 0. The van der Waals surface area contributed by atoms with Gasteiger partial charge in [0, 0.05) is 6.07 Å². The molecule has 0 radical (unpaired) electrons. The lowest BCUT2D eigenvalue weighted by Crippen LogP contribution is -1.96. The molecular weight excluding hydrogens is 192 g/mol. The minimum absolute atomic E-state index is 0.119. The Balaban J connectivity index is 3.61. The van der Waals surface area contributed by atoms with Gasteiger partial charge < -0.3 is 9.84 Å². The Morgan fingerprint density at radius 2 is 2.07 bits per heavy atom. The zero-order valence-corrected chi connectivity index (χ0v) is 8.53. The summed E-state index contributed by atoms with van der Waals surface area (Å²) >= 11 is 0. The fraction of sp³-hybridized carbons (Fsp3) is 0.273. The van der Waals surface area contributed by atoms with Gasteiger partial charge in [-0.2, -0.15) is 10.5 Å². The molecule has 4 nitrogen and oxygen atoms in total. The van der Waals surface area contributed by atoms with Crippen molar-refractivity contribution in [2.45, 2.75) is 13.3 Å². The zero-order valence-electron chi connectivity index (χ0n) is 8.53. The number of methoxy groups -OCH3 is 1. The van der Waals surface area contributed by atoms with Crippen LogP contribution in [-0.2, 0) is 6.42 Å². The van der Waals surface area contributed by atoms with E-state index in [4.69, 9.17) is 15.3 Å². The molecular formula is C11H10N2O2. The van der Waals surface area contributed by atoms with E-state index in [0.717, 1.165) is 0 Å². The predicted molar refractivity (Wildman–Crippen MR) is 53.5 cm³/mol. The number of hydrogen-bond acceptors (Lipinski definition) is 4. The van der Waals surface area contributed by atoms with Crippen LogP contribution in [0.3, 0.4) is 0 Å². The van der Waals surface area contributed by atoms with Gasteiger partial charge in [-0.25, -0.2) is 0 Å². The number of nitriles is 2. The van der Waals surface area contributed by atoms with Crippen molar-refractivity contribution >= 4 is 0 Å². The lowest BCUT2D eigenvalue weighted by molar-refractivity contribution is 0.372. The molecule has 0 aliphatic rings. The summed E-state index contributed by atoms with van der Waals surface area (Å²) in [6.45, 7) is 1.82. The number of hydrogen-bond donors (Lipinski definition) is 1. The lowest BCUT2D eigenvalue weighted by Gasteiger charge is -2.09. The van der Waals surface area contributed by atoms with E-state index in [-0.39, 0.29) is 17.1 Å². The Bertz CT molecular complexity index is 467. The molecule has 0 unspecified atom stereocenters. The molecule has 4 heteroatoms. The Labute approximate surface area is 87.9 Å². The van der Waals surface area contributed by atoms with E-state index in [1.165, 1.54) is 13.2 Å². The van der Waals surface area contributed by atoms with Gasteiger partial charge >= 0.3 is 0 Å². The van der Waals surface area contributed by atoms with Crippen molar-refractivity contribution < 1.29 is 9.84 Å². The third-order valence-electron chi connectivity index (χ3n) is 2.18. The van der Waals surface area contributed by atoms with Crippen molar-refractivity contribution in [2.75, 3.05) is 7.11 Å². The second-order valence-electron chi connectivity index (χ2n) is 2.91. The van der Waals surface area contributed by atoms with Crippen LogP contribution in [0.2, 0.25) is 0 Å². The smallest absolute Gasteiger partial charge is 0.176 e. The van der Waals surface area contributed by atoms with Crippen LogP contribution in [-0.4, -0.2) is 12.2 Å². The van der Waals surface area contributed by atoms with Gasteiger partial charge in [0.1, 0.15) is 11.6 Å². The molecule has 1 N–H and O–H groups in total. The predicted octanol–water partition coefficient (Wildman–Crippen LogP) is 1.71. The molecule has 0 fully saturated rings. The highest BCUT2D eigenvalue weighted by molar-refractivity contribution is 5.61. The fourth-order valence-electron chi connectivity index (χ4n) is 1.43. The lowest BCUT2D eigenvalue weighted by atomic mass is 9.98. The van der Waals surface area contributed by atoms with Crippen LogP contribution in [0.1, 0.15) is 23.6 Å². The highest BCUT2D eigenvalue weighted by Gasteiger charge is 2.16. The maximum absolute atomic E-state index is 9.66. The third kappa shape index (κ3) is 1.70. The van der Waals surface area contributed by atoms with Crippen molar-refractivity contribution in [3.8, 4) is 23.6 Å². The van der Waals surface area contributed by atoms with E-state index >= 15 is 0 Å².